The Balaban J connectivity index is 1.76. The van der Waals surface area contributed by atoms with E-state index in [-0.39, 0.29) is 5.28 Å². The van der Waals surface area contributed by atoms with E-state index < -0.39 is 0 Å². The second-order valence-corrected chi connectivity index (χ2v) is 5.59. The lowest BCUT2D eigenvalue weighted by atomic mass is 10.0. The van der Waals surface area contributed by atoms with Crippen LogP contribution in [0.2, 0.25) is 5.28 Å². The van der Waals surface area contributed by atoms with E-state index in [2.05, 4.69) is 20.0 Å². The zero-order valence-electron chi connectivity index (χ0n) is 9.96. The van der Waals surface area contributed by atoms with Crippen molar-refractivity contribution in [2.24, 2.45) is 11.8 Å². The van der Waals surface area contributed by atoms with Gasteiger partial charge in [-0.2, -0.15) is 4.98 Å². The molecule has 2 aromatic heterocycles. The molecule has 2 aliphatic rings. The third-order valence-electron chi connectivity index (χ3n) is 4.24. The van der Waals surface area contributed by atoms with Crippen LogP contribution in [-0.2, 0) is 0 Å². The highest BCUT2D eigenvalue weighted by atomic mass is 35.5. The van der Waals surface area contributed by atoms with Crippen molar-refractivity contribution in [1.29, 1.82) is 0 Å². The van der Waals surface area contributed by atoms with Crippen LogP contribution in [0, 0.1) is 11.8 Å². The highest BCUT2D eigenvalue weighted by molar-refractivity contribution is 6.28. The van der Waals surface area contributed by atoms with Crippen LogP contribution in [0.3, 0.4) is 0 Å². The normalized spacial score (nSPS) is 27.1. The molecule has 0 amide bonds. The number of imidazole rings is 1. The molecule has 6 heteroatoms. The molecule has 0 N–H and O–H groups in total. The molecule has 2 unspecified atom stereocenters. The fraction of sp³-hybridized carbons (Fsp3) is 0.583. The minimum atomic E-state index is 0.285. The lowest BCUT2D eigenvalue weighted by Gasteiger charge is -2.18. The molecule has 18 heavy (non-hydrogen) atoms. The van der Waals surface area contributed by atoms with E-state index in [0.717, 1.165) is 36.4 Å². The first-order chi connectivity index (χ1) is 8.81. The largest absolute Gasteiger partial charge is 0.353 e. The molecule has 1 saturated heterocycles. The summed E-state index contributed by atoms with van der Waals surface area (Å²) < 4.78 is 1.71. The standard InChI is InChI=1S/C12H14ClN5/c13-12-15-11(10-14-4-5-18(10)16-12)17-6-8-2-1-3-9(8)7-17/h4-5,8-9H,1-3,6-7H2. The van der Waals surface area contributed by atoms with E-state index in [1.165, 1.54) is 19.3 Å². The van der Waals surface area contributed by atoms with Gasteiger partial charge in [0.05, 0.1) is 0 Å². The third kappa shape index (κ3) is 1.50. The van der Waals surface area contributed by atoms with Gasteiger partial charge in [-0.1, -0.05) is 6.42 Å². The number of nitrogens with zero attached hydrogens (tertiary/aromatic N) is 5. The van der Waals surface area contributed by atoms with Gasteiger partial charge >= 0.3 is 0 Å². The molecule has 0 radical (unpaired) electrons. The average Bonchev–Trinajstić information content (AvgIpc) is 3.01. The van der Waals surface area contributed by atoms with Gasteiger partial charge in [0.25, 0.3) is 0 Å². The smallest absolute Gasteiger partial charge is 0.243 e. The van der Waals surface area contributed by atoms with E-state index in [1.54, 1.807) is 10.7 Å². The fourth-order valence-corrected chi connectivity index (χ4v) is 3.57. The summed E-state index contributed by atoms with van der Waals surface area (Å²) in [5.41, 5.74) is 0.805. The maximum Gasteiger partial charge on any atom is 0.243 e. The number of rotatable bonds is 1. The van der Waals surface area contributed by atoms with E-state index in [4.69, 9.17) is 11.6 Å². The number of aromatic nitrogens is 4. The highest BCUT2D eigenvalue weighted by Gasteiger charge is 2.37. The van der Waals surface area contributed by atoms with Gasteiger partial charge in [-0.05, 0) is 36.3 Å². The van der Waals surface area contributed by atoms with Gasteiger partial charge < -0.3 is 4.90 Å². The Morgan fingerprint density at radius 2 is 2.00 bits per heavy atom. The van der Waals surface area contributed by atoms with Crippen molar-refractivity contribution < 1.29 is 0 Å². The zero-order chi connectivity index (χ0) is 12.1. The Morgan fingerprint density at radius 1 is 1.22 bits per heavy atom. The molecule has 0 aromatic carbocycles. The SMILES string of the molecule is Clc1nc(N2CC3CCCC3C2)c2nccn2n1. The van der Waals surface area contributed by atoms with Crippen LogP contribution in [0.5, 0.6) is 0 Å². The Bertz CT molecular complexity index is 583. The molecule has 2 fully saturated rings. The van der Waals surface area contributed by atoms with Crippen LogP contribution in [0.25, 0.3) is 5.65 Å². The molecule has 1 aliphatic heterocycles. The first-order valence-corrected chi connectivity index (χ1v) is 6.81. The summed E-state index contributed by atoms with van der Waals surface area (Å²) in [5, 5.41) is 4.41. The van der Waals surface area contributed by atoms with Crippen molar-refractivity contribution in [1.82, 2.24) is 19.6 Å². The van der Waals surface area contributed by atoms with Crippen LogP contribution in [0.15, 0.2) is 12.4 Å². The minimum Gasteiger partial charge on any atom is -0.353 e. The van der Waals surface area contributed by atoms with Crippen molar-refractivity contribution in [3.8, 4) is 0 Å². The van der Waals surface area contributed by atoms with Crippen LogP contribution in [0.4, 0.5) is 5.82 Å². The van der Waals surface area contributed by atoms with Crippen LogP contribution < -0.4 is 4.90 Å². The highest BCUT2D eigenvalue weighted by Crippen LogP contribution is 2.39. The molecule has 2 atom stereocenters. The van der Waals surface area contributed by atoms with E-state index in [0.29, 0.717) is 0 Å². The summed E-state index contributed by atoms with van der Waals surface area (Å²) >= 11 is 5.98. The summed E-state index contributed by atoms with van der Waals surface area (Å²) in [7, 11) is 0. The van der Waals surface area contributed by atoms with Crippen molar-refractivity contribution in [3.05, 3.63) is 17.7 Å². The van der Waals surface area contributed by atoms with Crippen LogP contribution in [-0.4, -0.2) is 32.7 Å². The lowest BCUT2D eigenvalue weighted by Crippen LogP contribution is -2.23. The summed E-state index contributed by atoms with van der Waals surface area (Å²) in [5.74, 6) is 2.54. The second-order valence-electron chi connectivity index (χ2n) is 5.26. The Morgan fingerprint density at radius 3 is 2.78 bits per heavy atom. The van der Waals surface area contributed by atoms with Crippen LogP contribution >= 0.6 is 11.6 Å². The number of hydrogen-bond acceptors (Lipinski definition) is 4. The lowest BCUT2D eigenvalue weighted by molar-refractivity contribution is 0.494. The molecule has 5 nitrogen and oxygen atoms in total. The molecule has 1 saturated carbocycles. The number of hydrogen-bond donors (Lipinski definition) is 0. The topological polar surface area (TPSA) is 46.3 Å². The maximum absolute atomic E-state index is 5.98. The van der Waals surface area contributed by atoms with E-state index in [9.17, 15) is 0 Å². The second kappa shape index (κ2) is 3.82. The van der Waals surface area contributed by atoms with Gasteiger partial charge in [0.15, 0.2) is 11.5 Å². The first kappa shape index (κ1) is 10.6. The molecular weight excluding hydrogens is 250 g/mol. The molecule has 94 valence electrons. The number of halogens is 1. The van der Waals surface area contributed by atoms with Gasteiger partial charge in [0.1, 0.15) is 0 Å². The van der Waals surface area contributed by atoms with E-state index >= 15 is 0 Å². The Labute approximate surface area is 110 Å². The minimum absolute atomic E-state index is 0.285. The van der Waals surface area contributed by atoms with Crippen LogP contribution in [0.1, 0.15) is 19.3 Å². The third-order valence-corrected chi connectivity index (χ3v) is 4.40. The number of fused-ring (bicyclic) bond motifs is 2. The summed E-state index contributed by atoms with van der Waals surface area (Å²) in [6.45, 7) is 2.17. The predicted octanol–water partition coefficient (Wildman–Crippen LogP) is 2.01. The van der Waals surface area contributed by atoms with Gasteiger partial charge in [-0.15, -0.1) is 5.10 Å². The summed E-state index contributed by atoms with van der Waals surface area (Å²) in [6, 6.07) is 0. The van der Waals surface area contributed by atoms with Gasteiger partial charge in [-0.3, -0.25) is 0 Å². The zero-order valence-corrected chi connectivity index (χ0v) is 10.7. The van der Waals surface area contributed by atoms with Gasteiger partial charge in [0, 0.05) is 25.5 Å². The summed E-state index contributed by atoms with van der Waals surface area (Å²) in [6.07, 6.45) is 7.63. The Kier molecular flexibility index (Phi) is 2.24. The predicted molar refractivity (Wildman–Crippen MR) is 68.8 cm³/mol. The fourth-order valence-electron chi connectivity index (χ4n) is 3.41. The molecule has 2 aromatic rings. The van der Waals surface area contributed by atoms with Crippen molar-refractivity contribution in [2.45, 2.75) is 19.3 Å². The van der Waals surface area contributed by atoms with Gasteiger partial charge in [-0.25, -0.2) is 9.50 Å². The Hall–Kier alpha value is -1.36. The molecule has 1 aliphatic carbocycles. The molecule has 0 spiro atoms. The molecule has 0 bridgehead atoms. The summed E-state index contributed by atoms with van der Waals surface area (Å²) in [4.78, 5) is 11.0. The monoisotopic (exact) mass is 263 g/mol. The number of anilines is 1. The van der Waals surface area contributed by atoms with Gasteiger partial charge in [0.2, 0.25) is 5.28 Å². The molecule has 3 heterocycles. The average molecular weight is 264 g/mol. The quantitative estimate of drug-likeness (QED) is 0.790. The van der Waals surface area contributed by atoms with Crippen molar-refractivity contribution >= 4 is 23.1 Å². The first-order valence-electron chi connectivity index (χ1n) is 6.43. The van der Waals surface area contributed by atoms with E-state index in [1.807, 2.05) is 6.20 Å². The maximum atomic E-state index is 5.98. The molecule has 4 rings (SSSR count). The van der Waals surface area contributed by atoms with Crippen molar-refractivity contribution in [2.75, 3.05) is 18.0 Å². The van der Waals surface area contributed by atoms with Crippen molar-refractivity contribution in [3.63, 3.8) is 0 Å². The molecular formula is C12H14ClN5.